The van der Waals surface area contributed by atoms with Crippen molar-refractivity contribution in [1.29, 1.82) is 0 Å². The standard InChI is InChI=1S/C22H17N3O3/c1-15-9-11-17(12-10-15)25-14-18(21(26)19-8-5-13-28-19)20(24-25)22(27)23-16-6-3-2-4-7-16/h2-14H,1H3,(H,23,27). The molecule has 2 aromatic heterocycles. The van der Waals surface area contributed by atoms with Gasteiger partial charge in [-0.3, -0.25) is 9.59 Å². The molecule has 1 N–H and O–H groups in total. The first-order valence-electron chi connectivity index (χ1n) is 8.73. The molecule has 0 aliphatic heterocycles. The van der Waals surface area contributed by atoms with E-state index >= 15 is 0 Å². The molecular formula is C22H17N3O3. The van der Waals surface area contributed by atoms with Crippen LogP contribution in [0.5, 0.6) is 0 Å². The van der Waals surface area contributed by atoms with Crippen LogP contribution in [0.4, 0.5) is 5.69 Å². The van der Waals surface area contributed by atoms with Crippen LogP contribution in [0.2, 0.25) is 0 Å². The molecule has 0 radical (unpaired) electrons. The molecule has 2 heterocycles. The predicted octanol–water partition coefficient (Wildman–Crippen LogP) is 4.26. The highest BCUT2D eigenvalue weighted by Crippen LogP contribution is 2.19. The molecule has 0 spiro atoms. The molecule has 138 valence electrons. The maximum absolute atomic E-state index is 12.9. The number of furan rings is 1. The number of nitrogens with one attached hydrogen (secondary N) is 1. The van der Waals surface area contributed by atoms with Gasteiger partial charge in [0, 0.05) is 11.9 Å². The molecule has 0 saturated heterocycles. The molecule has 0 atom stereocenters. The van der Waals surface area contributed by atoms with Crippen molar-refractivity contribution in [2.45, 2.75) is 6.92 Å². The quantitative estimate of drug-likeness (QED) is 0.532. The molecule has 4 aromatic rings. The zero-order valence-electron chi connectivity index (χ0n) is 15.1. The second-order valence-electron chi connectivity index (χ2n) is 6.30. The molecule has 28 heavy (non-hydrogen) atoms. The Balaban J connectivity index is 1.75. The first-order chi connectivity index (χ1) is 13.6. The van der Waals surface area contributed by atoms with E-state index in [1.54, 1.807) is 30.5 Å². The van der Waals surface area contributed by atoms with Gasteiger partial charge < -0.3 is 9.73 Å². The third-order valence-corrected chi connectivity index (χ3v) is 4.25. The lowest BCUT2D eigenvalue weighted by molar-refractivity contribution is 0.0981. The third-order valence-electron chi connectivity index (χ3n) is 4.25. The fourth-order valence-corrected chi connectivity index (χ4v) is 2.79. The smallest absolute Gasteiger partial charge is 0.276 e. The van der Waals surface area contributed by atoms with E-state index in [0.29, 0.717) is 5.69 Å². The van der Waals surface area contributed by atoms with E-state index < -0.39 is 11.7 Å². The van der Waals surface area contributed by atoms with Gasteiger partial charge in [0.2, 0.25) is 5.78 Å². The van der Waals surface area contributed by atoms with Crippen LogP contribution in [-0.4, -0.2) is 21.5 Å². The number of carbonyl (C=O) groups excluding carboxylic acids is 2. The van der Waals surface area contributed by atoms with Gasteiger partial charge in [-0.2, -0.15) is 5.10 Å². The Hall–Kier alpha value is -3.93. The SMILES string of the molecule is Cc1ccc(-n2cc(C(=O)c3ccco3)c(C(=O)Nc3ccccc3)n2)cc1. The van der Waals surface area contributed by atoms with E-state index in [9.17, 15) is 9.59 Å². The Morgan fingerprint density at radius 1 is 0.964 bits per heavy atom. The summed E-state index contributed by atoms with van der Waals surface area (Å²) < 4.78 is 6.74. The Kier molecular flexibility index (Phi) is 4.60. The van der Waals surface area contributed by atoms with Crippen LogP contribution in [0, 0.1) is 6.92 Å². The molecule has 0 aliphatic rings. The number of amides is 1. The number of ketones is 1. The van der Waals surface area contributed by atoms with Crippen molar-refractivity contribution in [2.24, 2.45) is 0 Å². The van der Waals surface area contributed by atoms with Crippen LogP contribution in [0.3, 0.4) is 0 Å². The lowest BCUT2D eigenvalue weighted by Gasteiger charge is -2.04. The van der Waals surface area contributed by atoms with Crippen LogP contribution < -0.4 is 5.32 Å². The number of hydrogen-bond acceptors (Lipinski definition) is 4. The first kappa shape index (κ1) is 17.5. The van der Waals surface area contributed by atoms with Crippen molar-refractivity contribution in [3.63, 3.8) is 0 Å². The fourth-order valence-electron chi connectivity index (χ4n) is 2.79. The zero-order valence-corrected chi connectivity index (χ0v) is 15.1. The molecular weight excluding hydrogens is 354 g/mol. The van der Waals surface area contributed by atoms with Gasteiger partial charge >= 0.3 is 0 Å². The van der Waals surface area contributed by atoms with Gasteiger partial charge in [-0.15, -0.1) is 0 Å². The normalized spacial score (nSPS) is 10.6. The molecule has 0 aliphatic carbocycles. The second kappa shape index (κ2) is 7.36. The van der Waals surface area contributed by atoms with Gasteiger partial charge in [0.15, 0.2) is 11.5 Å². The predicted molar refractivity (Wildman–Crippen MR) is 105 cm³/mol. The van der Waals surface area contributed by atoms with E-state index in [1.807, 2.05) is 49.4 Å². The van der Waals surface area contributed by atoms with E-state index in [-0.39, 0.29) is 17.0 Å². The van der Waals surface area contributed by atoms with Crippen LogP contribution >= 0.6 is 0 Å². The maximum atomic E-state index is 12.9. The maximum Gasteiger partial charge on any atom is 0.276 e. The molecule has 0 bridgehead atoms. The van der Waals surface area contributed by atoms with Gasteiger partial charge in [0.05, 0.1) is 17.5 Å². The summed E-state index contributed by atoms with van der Waals surface area (Å²) in [4.78, 5) is 25.7. The van der Waals surface area contributed by atoms with Crippen molar-refractivity contribution in [2.75, 3.05) is 5.32 Å². The molecule has 4 rings (SSSR count). The third kappa shape index (κ3) is 3.48. The minimum atomic E-state index is -0.466. The number of rotatable bonds is 5. The van der Waals surface area contributed by atoms with Crippen molar-refractivity contribution in [3.05, 3.63) is 102 Å². The topological polar surface area (TPSA) is 77.1 Å². The minimum Gasteiger partial charge on any atom is -0.461 e. The number of aromatic nitrogens is 2. The molecule has 0 unspecified atom stereocenters. The van der Waals surface area contributed by atoms with E-state index in [0.717, 1.165) is 11.3 Å². The van der Waals surface area contributed by atoms with Gasteiger partial charge in [-0.05, 0) is 43.3 Å². The van der Waals surface area contributed by atoms with Crippen LogP contribution in [0.1, 0.15) is 32.2 Å². The summed E-state index contributed by atoms with van der Waals surface area (Å²) in [5, 5.41) is 7.15. The zero-order chi connectivity index (χ0) is 19.5. The lowest BCUT2D eigenvalue weighted by atomic mass is 10.1. The summed E-state index contributed by atoms with van der Waals surface area (Å²) in [7, 11) is 0. The number of hydrogen-bond donors (Lipinski definition) is 1. The van der Waals surface area contributed by atoms with Gasteiger partial charge in [0.1, 0.15) is 0 Å². The number of aryl methyl sites for hydroxylation is 1. The van der Waals surface area contributed by atoms with Crippen LogP contribution in [0.25, 0.3) is 5.69 Å². The second-order valence-corrected chi connectivity index (χ2v) is 6.30. The summed E-state index contributed by atoms with van der Waals surface area (Å²) >= 11 is 0. The Bertz CT molecular complexity index is 1110. The Morgan fingerprint density at radius 2 is 1.71 bits per heavy atom. The highest BCUT2D eigenvalue weighted by molar-refractivity contribution is 6.15. The number of anilines is 1. The number of carbonyl (C=O) groups is 2. The Morgan fingerprint density at radius 3 is 2.39 bits per heavy atom. The number of para-hydroxylation sites is 1. The number of benzene rings is 2. The lowest BCUT2D eigenvalue weighted by Crippen LogP contribution is -2.16. The highest BCUT2D eigenvalue weighted by Gasteiger charge is 2.25. The van der Waals surface area contributed by atoms with Crippen molar-refractivity contribution in [3.8, 4) is 5.69 Å². The molecule has 0 saturated carbocycles. The van der Waals surface area contributed by atoms with E-state index in [4.69, 9.17) is 4.42 Å². The average molecular weight is 371 g/mol. The van der Waals surface area contributed by atoms with Crippen molar-refractivity contribution in [1.82, 2.24) is 9.78 Å². The Labute approximate surface area is 161 Å². The van der Waals surface area contributed by atoms with Gasteiger partial charge in [0.25, 0.3) is 5.91 Å². The monoisotopic (exact) mass is 371 g/mol. The fraction of sp³-hybridized carbons (Fsp3) is 0.0455. The molecule has 6 nitrogen and oxygen atoms in total. The highest BCUT2D eigenvalue weighted by atomic mass is 16.3. The van der Waals surface area contributed by atoms with Crippen LogP contribution in [0.15, 0.2) is 83.6 Å². The number of nitrogens with zero attached hydrogens (tertiary/aromatic N) is 2. The summed E-state index contributed by atoms with van der Waals surface area (Å²) in [5.41, 5.74) is 2.67. The van der Waals surface area contributed by atoms with Crippen molar-refractivity contribution >= 4 is 17.4 Å². The van der Waals surface area contributed by atoms with Crippen LogP contribution in [-0.2, 0) is 0 Å². The summed E-state index contributed by atoms with van der Waals surface area (Å²) in [6, 6.07) is 19.8. The van der Waals surface area contributed by atoms with E-state index in [1.165, 1.54) is 10.9 Å². The molecule has 2 aromatic carbocycles. The van der Waals surface area contributed by atoms with E-state index in [2.05, 4.69) is 10.4 Å². The largest absolute Gasteiger partial charge is 0.461 e. The summed E-state index contributed by atoms with van der Waals surface area (Å²) in [5.74, 6) is -0.717. The van der Waals surface area contributed by atoms with Gasteiger partial charge in [-0.25, -0.2) is 4.68 Å². The molecule has 1 amide bonds. The first-order valence-corrected chi connectivity index (χ1v) is 8.73. The van der Waals surface area contributed by atoms with Gasteiger partial charge in [-0.1, -0.05) is 35.9 Å². The summed E-state index contributed by atoms with van der Waals surface area (Å²) in [6.07, 6.45) is 2.97. The minimum absolute atomic E-state index is 0.0332. The molecule has 0 fully saturated rings. The average Bonchev–Trinajstić information content (AvgIpc) is 3.39. The summed E-state index contributed by atoms with van der Waals surface area (Å²) in [6.45, 7) is 1.98. The molecule has 6 heteroatoms. The van der Waals surface area contributed by atoms with Crippen molar-refractivity contribution < 1.29 is 14.0 Å².